The molecule has 7 heteroatoms. The molecule has 3 aromatic rings. The Morgan fingerprint density at radius 1 is 0.794 bits per heavy atom. The van der Waals surface area contributed by atoms with Crippen LogP contribution in [0, 0.1) is 18.8 Å². The zero-order chi connectivity index (χ0) is 23.8. The van der Waals surface area contributed by atoms with E-state index in [9.17, 15) is 19.2 Å². The average molecular weight is 516 g/mol. The number of ether oxygens (including phenoxy) is 1. The topological polar surface area (TPSA) is 80.8 Å². The highest BCUT2D eigenvalue weighted by molar-refractivity contribution is 9.10. The molecule has 3 aromatic carbocycles. The van der Waals surface area contributed by atoms with Gasteiger partial charge in [0.15, 0.2) is 0 Å². The standard InChI is InChI=1S/C27H18BrNO5/c1-14-8-2-3-9-15(14)22-20-21(26(33)29(25(20)32)19-13-7-6-12-18(19)28)27(34-22)23(30)16-10-4-5-11-17(16)24(27)31/h2-13,20-22H,1H3/t20-,21-,22-/m0/s1. The molecular formula is C27H18BrNO5. The Bertz CT molecular complexity index is 1390. The number of benzene rings is 3. The van der Waals surface area contributed by atoms with Crippen LogP contribution in [-0.4, -0.2) is 29.0 Å². The van der Waals surface area contributed by atoms with E-state index in [-0.39, 0.29) is 11.1 Å². The Hall–Kier alpha value is -3.42. The number of ketones is 2. The van der Waals surface area contributed by atoms with Crippen LogP contribution in [0.1, 0.15) is 37.9 Å². The summed E-state index contributed by atoms with van der Waals surface area (Å²) in [6.07, 6.45) is -0.919. The maximum atomic E-state index is 13.9. The van der Waals surface area contributed by atoms with Crippen LogP contribution in [0.3, 0.4) is 0 Å². The molecule has 34 heavy (non-hydrogen) atoms. The van der Waals surface area contributed by atoms with Crippen LogP contribution in [0.2, 0.25) is 0 Å². The summed E-state index contributed by atoms with van der Waals surface area (Å²) in [4.78, 5) is 56.4. The predicted octanol–water partition coefficient (Wildman–Crippen LogP) is 4.45. The van der Waals surface area contributed by atoms with Crippen LogP contribution < -0.4 is 4.90 Å². The molecule has 0 N–H and O–H groups in total. The van der Waals surface area contributed by atoms with Crippen LogP contribution in [0.5, 0.6) is 0 Å². The van der Waals surface area contributed by atoms with Gasteiger partial charge in [-0.1, -0.05) is 60.7 Å². The monoisotopic (exact) mass is 515 g/mol. The molecule has 1 spiro atoms. The van der Waals surface area contributed by atoms with E-state index in [2.05, 4.69) is 15.9 Å². The summed E-state index contributed by atoms with van der Waals surface area (Å²) in [5.41, 5.74) is 0.275. The second-order valence-electron chi connectivity index (χ2n) is 8.80. The Morgan fingerprint density at radius 3 is 2.03 bits per heavy atom. The predicted molar refractivity (Wildman–Crippen MR) is 126 cm³/mol. The van der Waals surface area contributed by atoms with Crippen LogP contribution in [0.15, 0.2) is 77.3 Å². The number of amides is 2. The maximum absolute atomic E-state index is 13.9. The van der Waals surface area contributed by atoms with Crippen molar-refractivity contribution in [3.63, 3.8) is 0 Å². The van der Waals surface area contributed by atoms with E-state index in [4.69, 9.17) is 4.74 Å². The molecule has 168 valence electrons. The second-order valence-corrected chi connectivity index (χ2v) is 9.66. The number of aryl methyl sites for hydroxylation is 1. The lowest BCUT2D eigenvalue weighted by atomic mass is 9.77. The van der Waals surface area contributed by atoms with Crippen molar-refractivity contribution in [3.05, 3.63) is 99.5 Å². The summed E-state index contributed by atoms with van der Waals surface area (Å²) in [7, 11) is 0. The Morgan fingerprint density at radius 2 is 1.38 bits per heavy atom. The van der Waals surface area contributed by atoms with E-state index in [0.717, 1.165) is 10.5 Å². The number of fused-ring (bicyclic) bond motifs is 3. The molecule has 2 aliphatic heterocycles. The van der Waals surface area contributed by atoms with Gasteiger partial charge in [0.25, 0.3) is 0 Å². The Labute approximate surface area is 203 Å². The molecule has 2 amide bonds. The van der Waals surface area contributed by atoms with Crippen molar-refractivity contribution in [2.45, 2.75) is 18.6 Å². The smallest absolute Gasteiger partial charge is 0.241 e. The third-order valence-corrected chi connectivity index (χ3v) is 7.78. The van der Waals surface area contributed by atoms with Gasteiger partial charge in [-0.05, 0) is 46.1 Å². The zero-order valence-corrected chi connectivity index (χ0v) is 19.6. The van der Waals surface area contributed by atoms with Crippen LogP contribution in [0.25, 0.3) is 0 Å². The number of halogens is 1. The van der Waals surface area contributed by atoms with Crippen molar-refractivity contribution in [2.24, 2.45) is 11.8 Å². The van der Waals surface area contributed by atoms with Crippen molar-refractivity contribution in [3.8, 4) is 0 Å². The molecule has 2 heterocycles. The van der Waals surface area contributed by atoms with Gasteiger partial charge in [-0.15, -0.1) is 0 Å². The number of imide groups is 1. The van der Waals surface area contributed by atoms with E-state index in [1.807, 2.05) is 31.2 Å². The van der Waals surface area contributed by atoms with E-state index in [1.54, 1.807) is 48.5 Å². The van der Waals surface area contributed by atoms with Crippen molar-refractivity contribution in [1.82, 2.24) is 0 Å². The fraction of sp³-hybridized carbons (Fsp3) is 0.185. The molecule has 0 bridgehead atoms. The molecule has 2 fully saturated rings. The summed E-state index contributed by atoms with van der Waals surface area (Å²) < 4.78 is 6.89. The summed E-state index contributed by atoms with van der Waals surface area (Å²) in [6.45, 7) is 1.87. The number of carbonyl (C=O) groups excluding carboxylic acids is 4. The lowest BCUT2D eigenvalue weighted by Crippen LogP contribution is -2.51. The van der Waals surface area contributed by atoms with Crippen molar-refractivity contribution in [1.29, 1.82) is 0 Å². The molecule has 2 saturated heterocycles. The molecule has 6 nitrogen and oxygen atoms in total. The van der Waals surface area contributed by atoms with Gasteiger partial charge in [-0.2, -0.15) is 0 Å². The molecule has 0 saturated carbocycles. The zero-order valence-electron chi connectivity index (χ0n) is 18.0. The maximum Gasteiger partial charge on any atom is 0.241 e. The van der Waals surface area contributed by atoms with Gasteiger partial charge in [0.1, 0.15) is 0 Å². The summed E-state index contributed by atoms with van der Waals surface area (Å²) in [5.74, 6) is -4.48. The SMILES string of the molecule is Cc1ccccc1[C@@H]1OC2(C(=O)c3ccccc3C2=O)[C@@H]2C(=O)N(c3ccccc3Br)C(=O)[C@@H]21. The van der Waals surface area contributed by atoms with Gasteiger partial charge in [-0.25, -0.2) is 4.90 Å². The minimum Gasteiger partial charge on any atom is -0.349 e. The Kier molecular flexibility index (Phi) is 4.53. The highest BCUT2D eigenvalue weighted by Gasteiger charge is 2.74. The molecule has 0 aromatic heterocycles. The minimum absolute atomic E-state index is 0.219. The lowest BCUT2D eigenvalue weighted by Gasteiger charge is -2.28. The highest BCUT2D eigenvalue weighted by Crippen LogP contribution is 2.58. The molecular weight excluding hydrogens is 498 g/mol. The molecule has 6 rings (SSSR count). The van der Waals surface area contributed by atoms with Crippen LogP contribution in [-0.2, 0) is 14.3 Å². The van der Waals surface area contributed by atoms with Gasteiger partial charge in [-0.3, -0.25) is 19.2 Å². The molecule has 3 aliphatic rings. The Balaban J connectivity index is 1.58. The number of Topliss-reactive ketones (excluding diaryl/α,β-unsaturated/α-hetero) is 2. The summed E-state index contributed by atoms with van der Waals surface area (Å²) >= 11 is 3.42. The lowest BCUT2D eigenvalue weighted by molar-refractivity contribution is -0.127. The molecule has 1 aliphatic carbocycles. The first-order valence-corrected chi connectivity index (χ1v) is 11.7. The number of para-hydroxylation sites is 1. The number of carbonyl (C=O) groups is 4. The van der Waals surface area contributed by atoms with Crippen molar-refractivity contribution in [2.75, 3.05) is 4.90 Å². The summed E-state index contributed by atoms with van der Waals surface area (Å²) in [6, 6.07) is 20.7. The summed E-state index contributed by atoms with van der Waals surface area (Å²) in [5, 5.41) is 0. The number of anilines is 1. The first-order valence-electron chi connectivity index (χ1n) is 10.9. The largest absolute Gasteiger partial charge is 0.349 e. The number of hydrogen-bond donors (Lipinski definition) is 0. The van der Waals surface area contributed by atoms with E-state index in [1.165, 1.54) is 0 Å². The highest BCUT2D eigenvalue weighted by atomic mass is 79.9. The van der Waals surface area contributed by atoms with Crippen molar-refractivity contribution >= 4 is 45.0 Å². The van der Waals surface area contributed by atoms with E-state index >= 15 is 0 Å². The quantitative estimate of drug-likeness (QED) is 0.372. The molecule has 0 radical (unpaired) electrons. The molecule has 3 atom stereocenters. The minimum atomic E-state index is -2.07. The van der Waals surface area contributed by atoms with Gasteiger partial charge in [0.05, 0.1) is 23.6 Å². The first-order chi connectivity index (χ1) is 16.4. The van der Waals surface area contributed by atoms with Crippen LogP contribution >= 0.6 is 15.9 Å². The third-order valence-electron chi connectivity index (χ3n) is 7.11. The third kappa shape index (κ3) is 2.54. The fourth-order valence-corrected chi connectivity index (χ4v) is 6.04. The second kappa shape index (κ2) is 7.29. The van der Waals surface area contributed by atoms with E-state index < -0.39 is 46.9 Å². The first kappa shape index (κ1) is 21.1. The van der Waals surface area contributed by atoms with Crippen molar-refractivity contribution < 1.29 is 23.9 Å². The number of nitrogens with zero attached hydrogens (tertiary/aromatic N) is 1. The van der Waals surface area contributed by atoms with E-state index in [0.29, 0.717) is 15.7 Å². The van der Waals surface area contributed by atoms with Gasteiger partial charge in [0, 0.05) is 15.6 Å². The average Bonchev–Trinajstić information content (AvgIpc) is 3.40. The van der Waals surface area contributed by atoms with Gasteiger partial charge >= 0.3 is 0 Å². The van der Waals surface area contributed by atoms with Gasteiger partial charge < -0.3 is 4.74 Å². The number of rotatable bonds is 2. The number of hydrogen-bond acceptors (Lipinski definition) is 5. The van der Waals surface area contributed by atoms with Gasteiger partial charge in [0.2, 0.25) is 29.0 Å². The molecule has 0 unspecified atom stereocenters. The normalized spacial score (nSPS) is 24.8. The fourth-order valence-electron chi connectivity index (χ4n) is 5.58. The van der Waals surface area contributed by atoms with Crippen LogP contribution in [0.4, 0.5) is 5.69 Å².